The molecule has 3 N–H and O–H groups in total. The highest BCUT2D eigenvalue weighted by Crippen LogP contribution is 2.29. The number of fused-ring (bicyclic) bond motifs is 1. The van der Waals surface area contributed by atoms with Crippen LogP contribution in [0.3, 0.4) is 0 Å². The number of carbonyl (C=O) groups is 3. The van der Waals surface area contributed by atoms with Gasteiger partial charge in [-0.3, -0.25) is 9.59 Å². The summed E-state index contributed by atoms with van der Waals surface area (Å²) in [5.74, 6) is -0.574. The molecule has 2 fully saturated rings. The summed E-state index contributed by atoms with van der Waals surface area (Å²) in [6.45, 7) is 4.22. The molecule has 2 aromatic carbocycles. The van der Waals surface area contributed by atoms with Crippen molar-refractivity contribution >= 4 is 17.8 Å². The molecule has 4 amide bonds. The highest BCUT2D eigenvalue weighted by molar-refractivity contribution is 5.91. The fourth-order valence-electron chi connectivity index (χ4n) is 5.54. The maximum atomic E-state index is 13.8. The van der Waals surface area contributed by atoms with Gasteiger partial charge in [0.1, 0.15) is 18.0 Å². The molecule has 0 radical (unpaired) electrons. The maximum absolute atomic E-state index is 13.8. The van der Waals surface area contributed by atoms with Crippen LogP contribution in [0.2, 0.25) is 0 Å². The Hall–Kier alpha value is -3.50. The Morgan fingerprint density at radius 2 is 1.70 bits per heavy atom. The third-order valence-electron chi connectivity index (χ3n) is 7.53. The van der Waals surface area contributed by atoms with Gasteiger partial charge in [-0.1, -0.05) is 62.2 Å². The van der Waals surface area contributed by atoms with Gasteiger partial charge in [-0.2, -0.15) is 0 Å². The molecule has 2 saturated heterocycles. The topological polar surface area (TPSA) is 102 Å². The number of piperazine rings is 1. The molecule has 4 rings (SSSR count). The number of halogens is 1. The predicted molar refractivity (Wildman–Crippen MR) is 151 cm³/mol. The van der Waals surface area contributed by atoms with Gasteiger partial charge in [-0.15, -0.1) is 0 Å². The van der Waals surface area contributed by atoms with Crippen LogP contribution in [-0.4, -0.2) is 82.6 Å². The Labute approximate surface area is 236 Å². The molecule has 216 valence electrons. The highest BCUT2D eigenvalue weighted by atomic mass is 19.1. The first kappa shape index (κ1) is 29.5. The summed E-state index contributed by atoms with van der Waals surface area (Å²) >= 11 is 0. The van der Waals surface area contributed by atoms with Crippen LogP contribution in [0.25, 0.3) is 0 Å². The molecule has 10 heteroatoms. The lowest BCUT2D eigenvalue weighted by Crippen LogP contribution is -2.76. The smallest absolute Gasteiger partial charge is 0.334 e. The largest absolute Gasteiger partial charge is 0.337 e. The third kappa shape index (κ3) is 7.17. The normalized spacial score (nSPS) is 19.6. The number of hydrogen-bond acceptors (Lipinski definition) is 5. The van der Waals surface area contributed by atoms with Crippen molar-refractivity contribution in [3.8, 4) is 0 Å². The summed E-state index contributed by atoms with van der Waals surface area (Å²) in [5.41, 5.74) is 7.36. The van der Waals surface area contributed by atoms with Crippen molar-refractivity contribution in [2.24, 2.45) is 5.73 Å². The minimum absolute atomic E-state index is 0.0198. The monoisotopic (exact) mass is 552 g/mol. The van der Waals surface area contributed by atoms with Crippen LogP contribution in [0.15, 0.2) is 54.6 Å². The van der Waals surface area contributed by atoms with Crippen LogP contribution in [-0.2, 0) is 22.6 Å². The second kappa shape index (κ2) is 14.2. The second-order valence-electron chi connectivity index (χ2n) is 10.5. The number of hydrazine groups is 1. The number of nitrogens with zero attached hydrogens (tertiary/aromatic N) is 4. The molecule has 0 aromatic heterocycles. The van der Waals surface area contributed by atoms with Gasteiger partial charge in [0.25, 0.3) is 0 Å². The van der Waals surface area contributed by atoms with Crippen LogP contribution >= 0.6 is 0 Å². The third-order valence-corrected chi connectivity index (χ3v) is 7.53. The van der Waals surface area contributed by atoms with Gasteiger partial charge in [0.2, 0.25) is 11.8 Å². The summed E-state index contributed by atoms with van der Waals surface area (Å²) in [5, 5.41) is 6.37. The first-order chi connectivity index (χ1) is 19.4. The predicted octanol–water partition coefficient (Wildman–Crippen LogP) is 3.11. The lowest BCUT2D eigenvalue weighted by Gasteiger charge is -2.55. The van der Waals surface area contributed by atoms with E-state index in [0.29, 0.717) is 26.1 Å². The van der Waals surface area contributed by atoms with E-state index in [-0.39, 0.29) is 43.3 Å². The first-order valence-electron chi connectivity index (χ1n) is 14.3. The van der Waals surface area contributed by atoms with Crippen LogP contribution in [0.5, 0.6) is 0 Å². The quantitative estimate of drug-likeness (QED) is 0.394. The number of nitrogens with two attached hydrogens (primary N) is 1. The highest BCUT2D eigenvalue weighted by Gasteiger charge is 2.51. The minimum atomic E-state index is -0.700. The van der Waals surface area contributed by atoms with Crippen LogP contribution in [0.4, 0.5) is 9.18 Å². The van der Waals surface area contributed by atoms with E-state index in [1.165, 1.54) is 12.1 Å². The fraction of sp³-hybridized carbons (Fsp3) is 0.500. The Bertz CT molecular complexity index is 1130. The van der Waals surface area contributed by atoms with E-state index in [2.05, 4.69) is 5.32 Å². The molecule has 2 aliphatic rings. The summed E-state index contributed by atoms with van der Waals surface area (Å²) < 4.78 is 13.4. The molecular weight excluding hydrogens is 511 g/mol. The molecule has 0 spiro atoms. The Balaban J connectivity index is 1.60. The summed E-state index contributed by atoms with van der Waals surface area (Å²) in [6.07, 6.45) is 4.24. The Morgan fingerprint density at radius 3 is 2.40 bits per heavy atom. The van der Waals surface area contributed by atoms with Crippen molar-refractivity contribution < 1.29 is 18.8 Å². The Kier molecular flexibility index (Phi) is 10.5. The van der Waals surface area contributed by atoms with Gasteiger partial charge >= 0.3 is 6.03 Å². The number of carbonyl (C=O) groups excluding carboxylic acids is 3. The average molecular weight is 553 g/mol. The molecule has 0 bridgehead atoms. The van der Waals surface area contributed by atoms with Gasteiger partial charge in [0, 0.05) is 26.1 Å². The molecule has 2 aliphatic heterocycles. The zero-order valence-corrected chi connectivity index (χ0v) is 23.3. The van der Waals surface area contributed by atoms with E-state index < -0.39 is 12.2 Å². The van der Waals surface area contributed by atoms with E-state index in [1.807, 2.05) is 42.2 Å². The van der Waals surface area contributed by atoms with E-state index in [0.717, 1.165) is 43.2 Å². The fourth-order valence-corrected chi connectivity index (χ4v) is 5.54. The van der Waals surface area contributed by atoms with Crippen LogP contribution in [0.1, 0.15) is 50.2 Å². The van der Waals surface area contributed by atoms with Gasteiger partial charge in [-0.25, -0.2) is 19.2 Å². The first-order valence-corrected chi connectivity index (χ1v) is 14.3. The van der Waals surface area contributed by atoms with E-state index in [9.17, 15) is 18.8 Å². The number of hydrogen-bond donors (Lipinski definition) is 2. The number of unbranched alkanes of at least 4 members (excludes halogenated alkanes) is 3. The zero-order chi connectivity index (χ0) is 28.5. The van der Waals surface area contributed by atoms with Crippen molar-refractivity contribution in [3.63, 3.8) is 0 Å². The zero-order valence-electron chi connectivity index (χ0n) is 23.3. The van der Waals surface area contributed by atoms with Crippen LogP contribution in [0, 0.1) is 5.82 Å². The SMILES string of the molecule is CCCN1CC(=O)N2[C@@H](Cc3ccccc3)C(=O)N(CCCCCCN)C[C@@H]2N1C(=O)NCc1ccc(F)cc1. The van der Waals surface area contributed by atoms with Gasteiger partial charge < -0.3 is 20.9 Å². The van der Waals surface area contributed by atoms with Crippen molar-refractivity contribution in [2.45, 2.75) is 64.2 Å². The average Bonchev–Trinajstić information content (AvgIpc) is 2.95. The maximum Gasteiger partial charge on any atom is 0.334 e. The van der Waals surface area contributed by atoms with Crippen molar-refractivity contribution in [2.75, 3.05) is 32.7 Å². The number of nitrogens with one attached hydrogen (secondary N) is 1. The van der Waals surface area contributed by atoms with E-state index in [1.54, 1.807) is 27.1 Å². The molecule has 40 heavy (non-hydrogen) atoms. The summed E-state index contributed by atoms with van der Waals surface area (Å²) in [7, 11) is 0. The molecule has 2 heterocycles. The number of urea groups is 1. The van der Waals surface area contributed by atoms with Gasteiger partial charge in [0.05, 0.1) is 13.1 Å². The number of rotatable bonds is 12. The summed E-state index contributed by atoms with van der Waals surface area (Å²) in [6, 6.07) is 14.6. The summed E-state index contributed by atoms with van der Waals surface area (Å²) in [4.78, 5) is 44.6. The minimum Gasteiger partial charge on any atom is -0.337 e. The van der Waals surface area contributed by atoms with E-state index in [4.69, 9.17) is 5.73 Å². The molecule has 0 unspecified atom stereocenters. The van der Waals surface area contributed by atoms with Crippen molar-refractivity contribution in [1.29, 1.82) is 0 Å². The Morgan fingerprint density at radius 1 is 0.975 bits per heavy atom. The molecule has 9 nitrogen and oxygen atoms in total. The molecule has 0 saturated carbocycles. The standard InChI is InChI=1S/C30H41FN6O3/c1-2-17-35-22-28(38)36-26(19-23-10-6-5-7-11-23)29(39)34(18-9-4-3-8-16-32)21-27(36)37(35)30(40)33-20-24-12-14-25(31)15-13-24/h5-7,10-15,26-27H,2-4,8-9,16-22,32H2,1H3,(H,33,40)/t26-,27-/m0/s1. The molecular formula is C30H41FN6O3. The lowest BCUT2D eigenvalue weighted by molar-refractivity contribution is -0.190. The lowest BCUT2D eigenvalue weighted by atomic mass is 9.98. The van der Waals surface area contributed by atoms with Gasteiger partial charge in [0.15, 0.2) is 0 Å². The molecule has 2 aromatic rings. The van der Waals surface area contributed by atoms with Crippen LogP contribution < -0.4 is 11.1 Å². The van der Waals surface area contributed by atoms with Crippen molar-refractivity contribution in [1.82, 2.24) is 25.1 Å². The van der Waals surface area contributed by atoms with Crippen molar-refractivity contribution in [3.05, 3.63) is 71.5 Å². The van der Waals surface area contributed by atoms with E-state index >= 15 is 0 Å². The van der Waals surface area contributed by atoms with Gasteiger partial charge in [-0.05, 0) is 49.1 Å². The molecule has 2 atom stereocenters. The number of benzene rings is 2. The second-order valence-corrected chi connectivity index (χ2v) is 10.5. The molecule has 0 aliphatic carbocycles. The number of amides is 4.